The molecule has 1 atom stereocenters. The second-order valence-electron chi connectivity index (χ2n) is 5.84. The van der Waals surface area contributed by atoms with Crippen molar-refractivity contribution in [3.63, 3.8) is 0 Å². The minimum absolute atomic E-state index is 0.217. The third kappa shape index (κ3) is 4.66. The Bertz CT molecular complexity index is 742. The molecule has 2 rings (SSSR count). The Balaban J connectivity index is 2.14. The molecule has 1 amide bonds. The van der Waals surface area contributed by atoms with Gasteiger partial charge in [-0.2, -0.15) is 0 Å². The molecule has 1 N–H and O–H groups in total. The normalized spacial score (nSPS) is 11.6. The second-order valence-corrected chi connectivity index (χ2v) is 5.84. The summed E-state index contributed by atoms with van der Waals surface area (Å²) in [5.74, 6) is 1.70. The maximum absolute atomic E-state index is 12.6. The van der Waals surface area contributed by atoms with E-state index >= 15 is 0 Å². The van der Waals surface area contributed by atoms with Crippen molar-refractivity contribution in [3.05, 3.63) is 47.5 Å². The number of amides is 1. The van der Waals surface area contributed by atoms with Crippen molar-refractivity contribution < 1.29 is 19.0 Å². The van der Waals surface area contributed by atoms with Crippen LogP contribution in [0, 0.1) is 13.8 Å². The monoisotopic (exact) mass is 343 g/mol. The van der Waals surface area contributed by atoms with Crippen LogP contribution in [-0.4, -0.2) is 26.2 Å². The molecular weight excluding hydrogens is 318 g/mol. The fourth-order valence-corrected chi connectivity index (χ4v) is 2.52. The molecule has 25 heavy (non-hydrogen) atoms. The lowest BCUT2D eigenvalue weighted by Crippen LogP contribution is -2.32. The van der Waals surface area contributed by atoms with E-state index in [2.05, 4.69) is 5.32 Å². The molecule has 2 aromatic rings. The average Bonchev–Trinajstić information content (AvgIpc) is 2.61. The summed E-state index contributed by atoms with van der Waals surface area (Å²) in [5.41, 5.74) is 2.74. The van der Waals surface area contributed by atoms with E-state index in [1.54, 1.807) is 32.4 Å². The molecule has 134 valence electrons. The van der Waals surface area contributed by atoms with Gasteiger partial charge in [-0.05, 0) is 44.0 Å². The van der Waals surface area contributed by atoms with E-state index in [1.165, 1.54) is 0 Å². The first-order valence-corrected chi connectivity index (χ1v) is 8.25. The standard InChI is InChI=1S/C20H25NO4/c1-6-17(25-18-10-7-13(2)11-14(18)3)20(22)21-16-9-8-15(23-4)12-19(16)24-5/h7-12,17H,6H2,1-5H3,(H,21,22). The first kappa shape index (κ1) is 18.6. The van der Waals surface area contributed by atoms with Crippen LogP contribution in [0.1, 0.15) is 24.5 Å². The van der Waals surface area contributed by atoms with Crippen LogP contribution in [0.15, 0.2) is 36.4 Å². The fraction of sp³-hybridized carbons (Fsp3) is 0.350. The first-order valence-electron chi connectivity index (χ1n) is 8.25. The van der Waals surface area contributed by atoms with E-state index in [0.717, 1.165) is 11.1 Å². The molecule has 0 aromatic heterocycles. The van der Waals surface area contributed by atoms with Crippen molar-refractivity contribution in [1.29, 1.82) is 0 Å². The van der Waals surface area contributed by atoms with E-state index < -0.39 is 6.10 Å². The molecule has 0 saturated carbocycles. The van der Waals surface area contributed by atoms with Gasteiger partial charge in [0, 0.05) is 6.07 Å². The summed E-state index contributed by atoms with van der Waals surface area (Å²) in [6.07, 6.45) is -0.0364. The SMILES string of the molecule is CCC(Oc1ccc(C)cc1C)C(=O)Nc1ccc(OC)cc1OC. The predicted molar refractivity (Wildman–Crippen MR) is 98.8 cm³/mol. The van der Waals surface area contributed by atoms with Crippen molar-refractivity contribution in [2.24, 2.45) is 0 Å². The zero-order chi connectivity index (χ0) is 18.4. The Morgan fingerprint density at radius 2 is 1.80 bits per heavy atom. The number of benzene rings is 2. The zero-order valence-corrected chi connectivity index (χ0v) is 15.4. The van der Waals surface area contributed by atoms with Gasteiger partial charge < -0.3 is 19.5 Å². The van der Waals surface area contributed by atoms with Gasteiger partial charge in [-0.15, -0.1) is 0 Å². The van der Waals surface area contributed by atoms with Gasteiger partial charge in [-0.3, -0.25) is 4.79 Å². The molecule has 0 heterocycles. The summed E-state index contributed by atoms with van der Waals surface area (Å²) in [6, 6.07) is 11.1. The minimum Gasteiger partial charge on any atom is -0.497 e. The lowest BCUT2D eigenvalue weighted by Gasteiger charge is -2.20. The number of aryl methyl sites for hydroxylation is 2. The number of rotatable bonds is 7. The van der Waals surface area contributed by atoms with Gasteiger partial charge >= 0.3 is 0 Å². The van der Waals surface area contributed by atoms with Gasteiger partial charge in [-0.1, -0.05) is 24.6 Å². The Kier molecular flexibility index (Phi) is 6.28. The number of methoxy groups -OCH3 is 2. The van der Waals surface area contributed by atoms with Crippen molar-refractivity contribution in [2.75, 3.05) is 19.5 Å². The summed E-state index contributed by atoms with van der Waals surface area (Å²) in [4.78, 5) is 12.6. The Hall–Kier alpha value is -2.69. The molecule has 0 aliphatic rings. The van der Waals surface area contributed by atoms with Crippen LogP contribution in [0.25, 0.3) is 0 Å². The van der Waals surface area contributed by atoms with Crippen LogP contribution in [0.3, 0.4) is 0 Å². The summed E-state index contributed by atoms with van der Waals surface area (Å²) in [7, 11) is 3.13. The van der Waals surface area contributed by atoms with E-state index in [1.807, 2.05) is 39.0 Å². The predicted octanol–water partition coefficient (Wildman–Crippen LogP) is 4.12. The van der Waals surface area contributed by atoms with E-state index in [9.17, 15) is 4.79 Å². The van der Waals surface area contributed by atoms with Crippen LogP contribution < -0.4 is 19.5 Å². The van der Waals surface area contributed by atoms with Gasteiger partial charge in [0.1, 0.15) is 17.2 Å². The average molecular weight is 343 g/mol. The molecule has 0 aliphatic heterocycles. The Morgan fingerprint density at radius 3 is 2.40 bits per heavy atom. The molecule has 0 fully saturated rings. The smallest absolute Gasteiger partial charge is 0.265 e. The number of anilines is 1. The first-order chi connectivity index (χ1) is 12.0. The van der Waals surface area contributed by atoms with Crippen molar-refractivity contribution in [2.45, 2.75) is 33.3 Å². The second kappa shape index (κ2) is 8.42. The maximum Gasteiger partial charge on any atom is 0.265 e. The zero-order valence-electron chi connectivity index (χ0n) is 15.4. The molecule has 0 aliphatic carbocycles. The molecular formula is C20H25NO4. The Labute approximate surface area is 148 Å². The summed E-state index contributed by atoms with van der Waals surface area (Å²) in [5, 5.41) is 2.87. The van der Waals surface area contributed by atoms with E-state index in [4.69, 9.17) is 14.2 Å². The number of hydrogen-bond acceptors (Lipinski definition) is 4. The highest BCUT2D eigenvalue weighted by atomic mass is 16.5. The largest absolute Gasteiger partial charge is 0.497 e. The van der Waals surface area contributed by atoms with Crippen LogP contribution in [0.5, 0.6) is 17.2 Å². The lowest BCUT2D eigenvalue weighted by molar-refractivity contribution is -0.122. The topological polar surface area (TPSA) is 56.8 Å². The third-order valence-corrected chi connectivity index (χ3v) is 3.93. The van der Waals surface area contributed by atoms with E-state index in [-0.39, 0.29) is 5.91 Å². The molecule has 5 nitrogen and oxygen atoms in total. The van der Waals surface area contributed by atoms with Crippen molar-refractivity contribution in [3.8, 4) is 17.2 Å². The van der Waals surface area contributed by atoms with Gasteiger partial charge in [0.25, 0.3) is 5.91 Å². The fourth-order valence-electron chi connectivity index (χ4n) is 2.52. The summed E-state index contributed by atoms with van der Waals surface area (Å²) >= 11 is 0. The van der Waals surface area contributed by atoms with Gasteiger partial charge in [0.2, 0.25) is 0 Å². The third-order valence-electron chi connectivity index (χ3n) is 3.93. The molecule has 0 radical (unpaired) electrons. The molecule has 0 bridgehead atoms. The Morgan fingerprint density at radius 1 is 1.04 bits per heavy atom. The molecule has 5 heteroatoms. The van der Waals surface area contributed by atoms with E-state index in [0.29, 0.717) is 29.4 Å². The summed E-state index contributed by atoms with van der Waals surface area (Å²) in [6.45, 7) is 5.91. The van der Waals surface area contributed by atoms with Crippen LogP contribution in [0.2, 0.25) is 0 Å². The number of nitrogens with one attached hydrogen (secondary N) is 1. The van der Waals surface area contributed by atoms with Crippen LogP contribution >= 0.6 is 0 Å². The molecule has 0 saturated heterocycles. The quantitative estimate of drug-likeness (QED) is 0.822. The molecule has 2 aromatic carbocycles. The number of ether oxygens (including phenoxy) is 3. The van der Waals surface area contributed by atoms with Gasteiger partial charge in [-0.25, -0.2) is 0 Å². The van der Waals surface area contributed by atoms with Gasteiger partial charge in [0.05, 0.1) is 19.9 Å². The lowest BCUT2D eigenvalue weighted by atomic mass is 10.1. The molecule has 1 unspecified atom stereocenters. The van der Waals surface area contributed by atoms with Crippen LogP contribution in [-0.2, 0) is 4.79 Å². The number of carbonyl (C=O) groups excluding carboxylic acids is 1. The maximum atomic E-state index is 12.6. The van der Waals surface area contributed by atoms with Crippen LogP contribution in [0.4, 0.5) is 5.69 Å². The summed E-state index contributed by atoms with van der Waals surface area (Å²) < 4.78 is 16.4. The van der Waals surface area contributed by atoms with Crippen molar-refractivity contribution >= 4 is 11.6 Å². The minimum atomic E-state index is -0.590. The highest BCUT2D eigenvalue weighted by Crippen LogP contribution is 2.29. The number of hydrogen-bond donors (Lipinski definition) is 1. The van der Waals surface area contributed by atoms with Crippen molar-refractivity contribution in [1.82, 2.24) is 0 Å². The highest BCUT2D eigenvalue weighted by molar-refractivity contribution is 5.95. The molecule has 0 spiro atoms. The highest BCUT2D eigenvalue weighted by Gasteiger charge is 2.20. The number of carbonyl (C=O) groups is 1. The van der Waals surface area contributed by atoms with Gasteiger partial charge in [0.15, 0.2) is 6.10 Å².